The summed E-state index contributed by atoms with van der Waals surface area (Å²) >= 11 is 0. The Labute approximate surface area is 118 Å². The molecule has 108 valence electrons. The fourth-order valence-electron chi connectivity index (χ4n) is 3.45. The smallest absolute Gasteiger partial charge is 0.157 e. The Morgan fingerprint density at radius 3 is 2.45 bits per heavy atom. The zero-order chi connectivity index (χ0) is 14.5. The number of hydrogen-bond acceptors (Lipinski definition) is 4. The Bertz CT molecular complexity index is 562. The molecule has 1 aromatic rings. The third kappa shape index (κ3) is 1.44. The molecule has 0 saturated heterocycles. The van der Waals surface area contributed by atoms with Crippen LogP contribution in [-0.4, -0.2) is 34.3 Å². The molecule has 0 bridgehead atoms. The van der Waals surface area contributed by atoms with Crippen molar-refractivity contribution in [2.75, 3.05) is 18.0 Å². The van der Waals surface area contributed by atoms with E-state index in [9.17, 15) is 10.3 Å². The molecular weight excluding hydrogens is 254 g/mol. The second kappa shape index (κ2) is 4.38. The minimum Gasteiger partial charge on any atom is -0.505 e. The maximum atomic E-state index is 10.6. The molecule has 3 rings (SSSR count). The van der Waals surface area contributed by atoms with Crippen LogP contribution >= 0.6 is 0 Å². The third-order valence-corrected chi connectivity index (χ3v) is 4.80. The molecule has 1 aliphatic heterocycles. The molecule has 20 heavy (non-hydrogen) atoms. The molecular formula is C15H21N3O2. The highest BCUT2D eigenvalue weighted by molar-refractivity contribution is 6.05. The molecule has 1 aromatic carbocycles. The van der Waals surface area contributed by atoms with Gasteiger partial charge in [-0.1, -0.05) is 6.07 Å². The van der Waals surface area contributed by atoms with E-state index < -0.39 is 5.54 Å². The quantitative estimate of drug-likeness (QED) is 0.793. The number of hydroxylamine groups is 2. The van der Waals surface area contributed by atoms with Crippen LogP contribution in [0.2, 0.25) is 0 Å². The standard InChI is InChI=1S/C15H21N3O2/c1-3-17(4-2)11-7-6-10-12(13(11)19)14(16)18(20)15(10)8-5-9-15/h6-7,16,19-20H,3-5,8-9H2,1-2H3. The zero-order valence-electron chi connectivity index (χ0n) is 12.0. The fourth-order valence-corrected chi connectivity index (χ4v) is 3.45. The first kappa shape index (κ1) is 13.2. The highest BCUT2D eigenvalue weighted by atomic mass is 16.5. The summed E-state index contributed by atoms with van der Waals surface area (Å²) < 4.78 is 0. The molecule has 1 saturated carbocycles. The van der Waals surface area contributed by atoms with Crippen molar-refractivity contribution >= 4 is 11.5 Å². The van der Waals surface area contributed by atoms with Crippen molar-refractivity contribution in [1.82, 2.24) is 5.06 Å². The molecule has 0 atom stereocenters. The fraction of sp³-hybridized carbons (Fsp3) is 0.533. The van der Waals surface area contributed by atoms with Crippen molar-refractivity contribution in [3.8, 4) is 5.75 Å². The molecule has 1 fully saturated rings. The van der Waals surface area contributed by atoms with Gasteiger partial charge in [-0.25, -0.2) is 5.06 Å². The number of anilines is 1. The Balaban J connectivity index is 2.15. The van der Waals surface area contributed by atoms with Crippen LogP contribution in [0, 0.1) is 5.41 Å². The number of fused-ring (bicyclic) bond motifs is 2. The van der Waals surface area contributed by atoms with Crippen molar-refractivity contribution in [3.63, 3.8) is 0 Å². The summed E-state index contributed by atoms with van der Waals surface area (Å²) in [4.78, 5) is 2.05. The van der Waals surface area contributed by atoms with Crippen LogP contribution in [0.1, 0.15) is 44.2 Å². The summed E-state index contributed by atoms with van der Waals surface area (Å²) in [6.07, 6.45) is 2.72. The Morgan fingerprint density at radius 1 is 1.30 bits per heavy atom. The number of amidine groups is 1. The summed E-state index contributed by atoms with van der Waals surface area (Å²) in [7, 11) is 0. The molecule has 0 amide bonds. The van der Waals surface area contributed by atoms with Crippen molar-refractivity contribution in [3.05, 3.63) is 23.3 Å². The topological polar surface area (TPSA) is 70.8 Å². The number of phenolic OH excluding ortho intramolecular Hbond substituents is 1. The van der Waals surface area contributed by atoms with E-state index in [1.165, 1.54) is 0 Å². The van der Waals surface area contributed by atoms with E-state index in [-0.39, 0.29) is 11.6 Å². The summed E-state index contributed by atoms with van der Waals surface area (Å²) in [6.45, 7) is 5.66. The second-order valence-corrected chi connectivity index (χ2v) is 5.57. The minimum atomic E-state index is -0.467. The monoisotopic (exact) mass is 275 g/mol. The first-order valence-electron chi connectivity index (χ1n) is 7.26. The van der Waals surface area contributed by atoms with Crippen LogP contribution in [0.3, 0.4) is 0 Å². The average Bonchev–Trinajstić information content (AvgIpc) is 2.63. The number of hydrogen-bond donors (Lipinski definition) is 3. The molecule has 0 aromatic heterocycles. The first-order chi connectivity index (χ1) is 9.56. The van der Waals surface area contributed by atoms with E-state index in [2.05, 4.69) is 4.90 Å². The van der Waals surface area contributed by atoms with Gasteiger partial charge in [0.05, 0.1) is 16.8 Å². The zero-order valence-corrected chi connectivity index (χ0v) is 12.0. The maximum Gasteiger partial charge on any atom is 0.157 e. The van der Waals surface area contributed by atoms with Gasteiger partial charge in [-0.05, 0) is 44.7 Å². The van der Waals surface area contributed by atoms with Crippen LogP contribution in [0.25, 0.3) is 0 Å². The van der Waals surface area contributed by atoms with Gasteiger partial charge in [-0.3, -0.25) is 10.6 Å². The Morgan fingerprint density at radius 2 is 1.95 bits per heavy atom. The number of phenols is 1. The van der Waals surface area contributed by atoms with Gasteiger partial charge in [0.2, 0.25) is 0 Å². The lowest BCUT2D eigenvalue weighted by Gasteiger charge is -2.43. The summed E-state index contributed by atoms with van der Waals surface area (Å²) in [5.41, 5.74) is 1.66. The molecule has 5 heteroatoms. The molecule has 3 N–H and O–H groups in total. The van der Waals surface area contributed by atoms with Gasteiger partial charge in [0, 0.05) is 13.1 Å². The van der Waals surface area contributed by atoms with E-state index in [0.29, 0.717) is 5.56 Å². The predicted octanol–water partition coefficient (Wildman–Crippen LogP) is 2.65. The van der Waals surface area contributed by atoms with Gasteiger partial charge < -0.3 is 10.0 Å². The van der Waals surface area contributed by atoms with Gasteiger partial charge in [0.15, 0.2) is 5.84 Å². The lowest BCUT2D eigenvalue weighted by atomic mass is 9.72. The molecule has 0 unspecified atom stereocenters. The lowest BCUT2D eigenvalue weighted by molar-refractivity contribution is -0.138. The number of nitrogens with zero attached hydrogens (tertiary/aromatic N) is 2. The summed E-state index contributed by atoms with van der Waals surface area (Å²) in [5.74, 6) is 0.144. The van der Waals surface area contributed by atoms with E-state index >= 15 is 0 Å². The molecule has 1 heterocycles. The van der Waals surface area contributed by atoms with Gasteiger partial charge in [0.1, 0.15) is 5.75 Å². The van der Waals surface area contributed by atoms with E-state index in [1.807, 2.05) is 26.0 Å². The van der Waals surface area contributed by atoms with Gasteiger partial charge in [-0.15, -0.1) is 0 Å². The van der Waals surface area contributed by atoms with Crippen LogP contribution in [0.5, 0.6) is 5.75 Å². The second-order valence-electron chi connectivity index (χ2n) is 5.57. The largest absolute Gasteiger partial charge is 0.505 e. The van der Waals surface area contributed by atoms with Crippen molar-refractivity contribution in [2.45, 2.75) is 38.6 Å². The summed E-state index contributed by atoms with van der Waals surface area (Å²) in [6, 6.07) is 3.88. The molecule has 1 aliphatic carbocycles. The van der Waals surface area contributed by atoms with Crippen molar-refractivity contribution < 1.29 is 10.3 Å². The highest BCUT2D eigenvalue weighted by Crippen LogP contribution is 2.54. The van der Waals surface area contributed by atoms with Gasteiger partial charge in [0.25, 0.3) is 0 Å². The third-order valence-electron chi connectivity index (χ3n) is 4.80. The number of rotatable bonds is 3. The first-order valence-corrected chi connectivity index (χ1v) is 7.26. The molecule has 5 nitrogen and oxygen atoms in total. The SMILES string of the molecule is CCN(CC)c1ccc2c(c1O)C(=N)N(O)C21CCC1. The van der Waals surface area contributed by atoms with Crippen LogP contribution in [-0.2, 0) is 5.54 Å². The van der Waals surface area contributed by atoms with Crippen molar-refractivity contribution in [2.24, 2.45) is 0 Å². The molecule has 2 aliphatic rings. The number of benzene rings is 1. The van der Waals surface area contributed by atoms with Gasteiger partial charge in [-0.2, -0.15) is 0 Å². The average molecular weight is 275 g/mol. The summed E-state index contributed by atoms with van der Waals surface area (Å²) in [5, 5.41) is 30.0. The van der Waals surface area contributed by atoms with Gasteiger partial charge >= 0.3 is 0 Å². The number of nitrogens with one attached hydrogen (secondary N) is 1. The normalized spacial score (nSPS) is 19.1. The Hall–Kier alpha value is -1.75. The Kier molecular flexibility index (Phi) is 2.90. The highest BCUT2D eigenvalue weighted by Gasteiger charge is 2.53. The maximum absolute atomic E-state index is 10.6. The van der Waals surface area contributed by atoms with Crippen LogP contribution in [0.15, 0.2) is 12.1 Å². The number of aromatic hydroxyl groups is 1. The van der Waals surface area contributed by atoms with E-state index in [1.54, 1.807) is 0 Å². The molecule has 1 spiro atoms. The van der Waals surface area contributed by atoms with Crippen LogP contribution in [0.4, 0.5) is 5.69 Å². The van der Waals surface area contributed by atoms with E-state index in [4.69, 9.17) is 5.41 Å². The van der Waals surface area contributed by atoms with Crippen LogP contribution < -0.4 is 4.90 Å². The van der Waals surface area contributed by atoms with Crippen molar-refractivity contribution in [1.29, 1.82) is 5.41 Å². The lowest BCUT2D eigenvalue weighted by Crippen LogP contribution is -2.46. The minimum absolute atomic E-state index is 0.0196. The molecule has 0 radical (unpaired) electrons. The predicted molar refractivity (Wildman–Crippen MR) is 77.7 cm³/mol. The van der Waals surface area contributed by atoms with E-state index in [0.717, 1.165) is 48.7 Å².